The van der Waals surface area contributed by atoms with Crippen molar-refractivity contribution in [3.05, 3.63) is 89.0 Å². The van der Waals surface area contributed by atoms with Gasteiger partial charge in [-0.15, -0.1) is 0 Å². The lowest BCUT2D eigenvalue weighted by Gasteiger charge is -2.26. The number of thiazole rings is 1. The van der Waals surface area contributed by atoms with Crippen molar-refractivity contribution < 1.29 is 19.1 Å². The van der Waals surface area contributed by atoms with E-state index in [1.807, 2.05) is 6.07 Å². The number of aromatic nitrogens is 1. The number of hydrogen-bond donors (Lipinski definition) is 1. The molecule has 0 saturated carbocycles. The van der Waals surface area contributed by atoms with Crippen LogP contribution in [-0.2, 0) is 11.3 Å². The third-order valence-corrected chi connectivity index (χ3v) is 7.30. The molecule has 0 unspecified atom stereocenters. The molecule has 2 aliphatic heterocycles. The highest BCUT2D eigenvalue weighted by molar-refractivity contribution is 7.22. The maximum atomic E-state index is 12.8. The number of carbonyl (C=O) groups is 3. The fourth-order valence-corrected chi connectivity index (χ4v) is 5.42. The van der Waals surface area contributed by atoms with Crippen LogP contribution in [-0.4, -0.2) is 53.9 Å². The Bertz CT molecular complexity index is 1460. The second-order valence-electron chi connectivity index (χ2n) is 8.70. The van der Waals surface area contributed by atoms with Crippen molar-refractivity contribution in [1.82, 2.24) is 9.88 Å². The number of morpholine rings is 1. The smallest absolute Gasteiger partial charge is 0.266 e. The van der Waals surface area contributed by atoms with Crippen LogP contribution in [0.4, 0.5) is 10.8 Å². The molecule has 0 aliphatic carbocycles. The molecule has 0 radical (unpaired) electrons. The van der Waals surface area contributed by atoms with Gasteiger partial charge >= 0.3 is 0 Å². The van der Waals surface area contributed by atoms with E-state index < -0.39 is 0 Å². The molecule has 180 valence electrons. The van der Waals surface area contributed by atoms with Gasteiger partial charge < -0.3 is 4.74 Å². The van der Waals surface area contributed by atoms with Crippen molar-refractivity contribution in [2.45, 2.75) is 6.54 Å². The molecule has 6 rings (SSSR count). The lowest BCUT2D eigenvalue weighted by atomic mass is 10.1. The minimum absolute atomic E-state index is 0.309. The number of nitrogens with zero attached hydrogens (tertiary/aromatic N) is 3. The molecule has 1 aromatic heterocycles. The Morgan fingerprint density at radius 3 is 2.33 bits per heavy atom. The van der Waals surface area contributed by atoms with Gasteiger partial charge in [0.15, 0.2) is 5.13 Å². The molecule has 1 fully saturated rings. The van der Waals surface area contributed by atoms with Gasteiger partial charge in [-0.3, -0.25) is 24.6 Å². The molecule has 3 heterocycles. The Hall–Kier alpha value is -3.92. The van der Waals surface area contributed by atoms with Crippen molar-refractivity contribution in [2.24, 2.45) is 0 Å². The molecule has 36 heavy (non-hydrogen) atoms. The van der Waals surface area contributed by atoms with Crippen molar-refractivity contribution in [2.75, 3.05) is 36.5 Å². The first-order chi connectivity index (χ1) is 17.6. The topological polar surface area (TPSA) is 91.8 Å². The van der Waals surface area contributed by atoms with E-state index in [-0.39, 0.29) is 17.7 Å². The molecule has 8 nitrogen and oxygen atoms in total. The first kappa shape index (κ1) is 22.5. The number of rotatable bonds is 5. The summed E-state index contributed by atoms with van der Waals surface area (Å²) in [7, 11) is 0. The Morgan fingerprint density at radius 2 is 1.64 bits per heavy atom. The predicted molar refractivity (Wildman–Crippen MR) is 138 cm³/mol. The number of fused-ring (bicyclic) bond motifs is 2. The molecule has 4 aromatic rings. The van der Waals surface area contributed by atoms with Crippen LogP contribution < -0.4 is 10.2 Å². The zero-order chi connectivity index (χ0) is 24.6. The molecular formula is C27H22N4O4S. The summed E-state index contributed by atoms with van der Waals surface area (Å²) < 4.78 is 6.43. The number of ether oxygens (including phenoxy) is 1. The van der Waals surface area contributed by atoms with E-state index in [2.05, 4.69) is 27.3 Å². The van der Waals surface area contributed by atoms with E-state index in [4.69, 9.17) is 4.74 Å². The van der Waals surface area contributed by atoms with Crippen LogP contribution in [0.15, 0.2) is 66.7 Å². The fourth-order valence-electron chi connectivity index (χ4n) is 4.49. The van der Waals surface area contributed by atoms with Crippen molar-refractivity contribution >= 4 is 50.1 Å². The van der Waals surface area contributed by atoms with E-state index in [0.717, 1.165) is 48.0 Å². The molecule has 9 heteroatoms. The standard InChI is InChI=1S/C27H22N4O4S/c32-24(18-6-8-19(9-7-18)31-25(33)20-3-1-2-4-21(20)26(31)34)29-27-28-22-10-5-17(15-23(22)36-27)16-30-11-13-35-14-12-30/h1-10,15H,11-14,16H2,(H,28,29,32). The number of anilines is 2. The van der Waals surface area contributed by atoms with Gasteiger partial charge in [-0.2, -0.15) is 0 Å². The third-order valence-electron chi connectivity index (χ3n) is 6.36. The van der Waals surface area contributed by atoms with Crippen molar-refractivity contribution in [3.8, 4) is 0 Å². The molecule has 3 amide bonds. The number of amides is 3. The van der Waals surface area contributed by atoms with Gasteiger partial charge in [0.05, 0.1) is 40.2 Å². The molecule has 0 bridgehead atoms. The van der Waals surface area contributed by atoms with Crippen LogP contribution in [0.2, 0.25) is 0 Å². The Labute approximate surface area is 211 Å². The lowest BCUT2D eigenvalue weighted by Crippen LogP contribution is -2.35. The summed E-state index contributed by atoms with van der Waals surface area (Å²) in [6, 6.07) is 19.3. The maximum Gasteiger partial charge on any atom is 0.266 e. The summed E-state index contributed by atoms with van der Waals surface area (Å²) in [5.41, 5.74) is 3.63. The normalized spacial score (nSPS) is 15.9. The largest absolute Gasteiger partial charge is 0.379 e. The van der Waals surface area contributed by atoms with E-state index in [1.165, 1.54) is 16.9 Å². The van der Waals surface area contributed by atoms with E-state index in [1.54, 1.807) is 48.5 Å². The Balaban J connectivity index is 1.15. The van der Waals surface area contributed by atoms with Gasteiger partial charge in [0.2, 0.25) is 0 Å². The zero-order valence-corrected chi connectivity index (χ0v) is 20.1. The highest BCUT2D eigenvalue weighted by Gasteiger charge is 2.36. The third kappa shape index (κ3) is 4.17. The van der Waals surface area contributed by atoms with Crippen LogP contribution in [0.5, 0.6) is 0 Å². The first-order valence-corrected chi connectivity index (χ1v) is 12.5. The highest BCUT2D eigenvalue weighted by atomic mass is 32.1. The number of carbonyl (C=O) groups excluding carboxylic acids is 3. The second-order valence-corrected chi connectivity index (χ2v) is 9.73. The summed E-state index contributed by atoms with van der Waals surface area (Å²) in [5.74, 6) is -1.04. The minimum atomic E-state index is -0.365. The van der Waals surface area contributed by atoms with Crippen molar-refractivity contribution in [1.29, 1.82) is 0 Å². The lowest BCUT2D eigenvalue weighted by molar-refractivity contribution is 0.0342. The number of nitrogens with one attached hydrogen (secondary N) is 1. The van der Waals surface area contributed by atoms with Gasteiger partial charge in [0.1, 0.15) is 0 Å². The maximum absolute atomic E-state index is 12.8. The van der Waals surface area contributed by atoms with Gasteiger partial charge in [0.25, 0.3) is 17.7 Å². The molecule has 2 aliphatic rings. The molecule has 1 N–H and O–H groups in total. The summed E-state index contributed by atoms with van der Waals surface area (Å²) in [6.07, 6.45) is 0. The van der Waals surface area contributed by atoms with Crippen LogP contribution in [0, 0.1) is 0 Å². The average Bonchev–Trinajstić information content (AvgIpc) is 3.42. The summed E-state index contributed by atoms with van der Waals surface area (Å²) in [6.45, 7) is 4.23. The highest BCUT2D eigenvalue weighted by Crippen LogP contribution is 2.30. The molecule has 3 aromatic carbocycles. The van der Waals surface area contributed by atoms with Crippen LogP contribution in [0.3, 0.4) is 0 Å². The van der Waals surface area contributed by atoms with Crippen LogP contribution in [0.1, 0.15) is 36.6 Å². The van der Waals surface area contributed by atoms with Gasteiger partial charge in [-0.1, -0.05) is 29.5 Å². The van der Waals surface area contributed by atoms with Gasteiger partial charge in [0, 0.05) is 25.2 Å². The average molecular weight is 499 g/mol. The fraction of sp³-hybridized carbons (Fsp3) is 0.185. The van der Waals surface area contributed by atoms with E-state index >= 15 is 0 Å². The summed E-state index contributed by atoms with van der Waals surface area (Å²) in [5, 5.41) is 3.38. The predicted octanol–water partition coefficient (Wildman–Crippen LogP) is 4.18. The molecule has 0 atom stereocenters. The number of imide groups is 1. The van der Waals surface area contributed by atoms with Crippen LogP contribution in [0.25, 0.3) is 10.2 Å². The summed E-state index contributed by atoms with van der Waals surface area (Å²) >= 11 is 1.43. The van der Waals surface area contributed by atoms with E-state index in [0.29, 0.717) is 27.5 Å². The number of benzene rings is 3. The molecule has 1 saturated heterocycles. The second kappa shape index (κ2) is 9.27. The minimum Gasteiger partial charge on any atom is -0.379 e. The molecular weight excluding hydrogens is 476 g/mol. The van der Waals surface area contributed by atoms with Gasteiger partial charge in [-0.05, 0) is 54.1 Å². The van der Waals surface area contributed by atoms with Crippen molar-refractivity contribution in [3.63, 3.8) is 0 Å². The summed E-state index contributed by atoms with van der Waals surface area (Å²) in [4.78, 5) is 46.3. The Kier molecular flexibility index (Phi) is 5.80. The monoisotopic (exact) mass is 498 g/mol. The zero-order valence-electron chi connectivity index (χ0n) is 19.3. The number of hydrogen-bond acceptors (Lipinski definition) is 7. The Morgan fingerprint density at radius 1 is 0.944 bits per heavy atom. The molecule has 0 spiro atoms. The quantitative estimate of drug-likeness (QED) is 0.415. The first-order valence-electron chi connectivity index (χ1n) is 11.7. The van der Waals surface area contributed by atoms with Crippen LogP contribution >= 0.6 is 11.3 Å². The van der Waals surface area contributed by atoms with Gasteiger partial charge in [-0.25, -0.2) is 9.88 Å². The SMILES string of the molecule is O=C(Nc1nc2ccc(CN3CCOCC3)cc2s1)c1ccc(N2C(=O)c3ccccc3C2=O)cc1. The van der Waals surface area contributed by atoms with E-state index in [9.17, 15) is 14.4 Å².